The first-order chi connectivity index (χ1) is 11.1. The second-order valence-corrected chi connectivity index (χ2v) is 5.69. The van der Waals surface area contributed by atoms with Crippen molar-refractivity contribution in [2.75, 3.05) is 0 Å². The van der Waals surface area contributed by atoms with Crippen molar-refractivity contribution in [1.82, 2.24) is 9.97 Å². The Hall–Kier alpha value is -2.46. The minimum atomic E-state index is 0.681. The molecule has 0 amide bonds. The van der Waals surface area contributed by atoms with Crippen LogP contribution in [0.1, 0.15) is 72.7 Å². The summed E-state index contributed by atoms with van der Waals surface area (Å²) in [7, 11) is 0. The zero-order chi connectivity index (χ0) is 17.0. The lowest BCUT2D eigenvalue weighted by Gasteiger charge is -2.06. The van der Waals surface area contributed by atoms with E-state index in [9.17, 15) is 10.5 Å². The van der Waals surface area contributed by atoms with E-state index in [-0.39, 0.29) is 0 Å². The summed E-state index contributed by atoms with van der Waals surface area (Å²) in [6, 6.07) is 4.55. The summed E-state index contributed by atoms with van der Waals surface area (Å²) in [4.78, 5) is 6.60. The number of H-pyrrole nitrogens is 2. The van der Waals surface area contributed by atoms with Gasteiger partial charge in [-0.05, 0) is 47.9 Å². The van der Waals surface area contributed by atoms with Gasteiger partial charge in [-0.3, -0.25) is 0 Å². The average Bonchev–Trinajstić information content (AvgIpc) is 3.10. The number of aromatic amines is 2. The Bertz CT molecular complexity index is 712. The number of nitrogens with zero attached hydrogens (tertiary/aromatic N) is 2. The first-order valence-corrected chi connectivity index (χ1v) is 8.40. The Labute approximate surface area is 138 Å². The highest BCUT2D eigenvalue weighted by Gasteiger charge is 2.19. The third kappa shape index (κ3) is 2.90. The van der Waals surface area contributed by atoms with Crippen molar-refractivity contribution in [1.29, 1.82) is 10.5 Å². The van der Waals surface area contributed by atoms with Crippen LogP contribution in [0.4, 0.5) is 0 Å². The van der Waals surface area contributed by atoms with Crippen LogP contribution in [0.2, 0.25) is 0 Å². The summed E-state index contributed by atoms with van der Waals surface area (Å²) in [6.07, 6.45) is 4.25. The van der Waals surface area contributed by atoms with E-state index in [1.165, 1.54) is 11.1 Å². The van der Waals surface area contributed by atoms with Crippen molar-refractivity contribution in [3.8, 4) is 12.1 Å². The number of rotatable bonds is 6. The van der Waals surface area contributed by atoms with Crippen molar-refractivity contribution >= 4 is 0 Å². The standard InChI is InChI=1S/C19H24N4/c1-5-12-14(7-3)18(10-20)22-16(12)9-17-13(6-2)15(8-4)19(11-21)23-17/h22-23H,5-9H2,1-4H3. The summed E-state index contributed by atoms with van der Waals surface area (Å²) in [5, 5.41) is 18.7. The Balaban J connectivity index is 2.52. The van der Waals surface area contributed by atoms with Gasteiger partial charge in [-0.1, -0.05) is 27.7 Å². The molecule has 0 radical (unpaired) electrons. The van der Waals surface area contributed by atoms with Gasteiger partial charge in [-0.15, -0.1) is 0 Å². The van der Waals surface area contributed by atoms with Gasteiger partial charge in [0.05, 0.1) is 0 Å². The smallest absolute Gasteiger partial charge is 0.121 e. The highest BCUT2D eigenvalue weighted by Crippen LogP contribution is 2.26. The fourth-order valence-corrected chi connectivity index (χ4v) is 3.57. The molecule has 0 unspecified atom stereocenters. The number of hydrogen-bond acceptors (Lipinski definition) is 2. The van der Waals surface area contributed by atoms with Gasteiger partial charge >= 0.3 is 0 Å². The molecule has 0 bridgehead atoms. The molecule has 2 heterocycles. The van der Waals surface area contributed by atoms with Crippen molar-refractivity contribution in [3.63, 3.8) is 0 Å². The molecule has 0 spiro atoms. The minimum Gasteiger partial charge on any atom is -0.349 e. The molecule has 120 valence electrons. The van der Waals surface area contributed by atoms with Gasteiger partial charge in [0.25, 0.3) is 0 Å². The fourth-order valence-electron chi connectivity index (χ4n) is 3.57. The molecule has 4 nitrogen and oxygen atoms in total. The molecule has 0 atom stereocenters. The molecule has 0 aliphatic carbocycles. The molecule has 0 fully saturated rings. The molecule has 0 saturated carbocycles. The van der Waals surface area contributed by atoms with Crippen LogP contribution in [0.15, 0.2) is 0 Å². The second-order valence-electron chi connectivity index (χ2n) is 5.69. The van der Waals surface area contributed by atoms with Gasteiger partial charge in [0, 0.05) is 17.8 Å². The average molecular weight is 308 g/mol. The van der Waals surface area contributed by atoms with Crippen molar-refractivity contribution in [3.05, 3.63) is 45.0 Å². The zero-order valence-electron chi connectivity index (χ0n) is 14.4. The van der Waals surface area contributed by atoms with Gasteiger partial charge in [0.2, 0.25) is 0 Å². The van der Waals surface area contributed by atoms with E-state index < -0.39 is 0 Å². The Morgan fingerprint density at radius 1 is 0.652 bits per heavy atom. The summed E-state index contributed by atoms with van der Waals surface area (Å²) in [6.45, 7) is 8.42. The largest absolute Gasteiger partial charge is 0.349 e. The van der Waals surface area contributed by atoms with Gasteiger partial charge < -0.3 is 9.97 Å². The van der Waals surface area contributed by atoms with E-state index in [0.717, 1.165) is 54.6 Å². The number of nitriles is 2. The molecule has 23 heavy (non-hydrogen) atoms. The van der Waals surface area contributed by atoms with Crippen molar-refractivity contribution in [2.24, 2.45) is 0 Å². The van der Waals surface area contributed by atoms with Gasteiger partial charge in [0.15, 0.2) is 0 Å². The van der Waals surface area contributed by atoms with Gasteiger partial charge in [-0.25, -0.2) is 0 Å². The Morgan fingerprint density at radius 2 is 1.00 bits per heavy atom. The van der Waals surface area contributed by atoms with E-state index in [4.69, 9.17) is 0 Å². The van der Waals surface area contributed by atoms with Crippen molar-refractivity contribution < 1.29 is 0 Å². The molecule has 2 aromatic heterocycles. The van der Waals surface area contributed by atoms with Gasteiger partial charge in [-0.2, -0.15) is 10.5 Å². The number of hydrogen-bond donors (Lipinski definition) is 2. The highest BCUT2D eigenvalue weighted by molar-refractivity contribution is 5.48. The molecule has 2 aromatic rings. The quantitative estimate of drug-likeness (QED) is 0.848. The van der Waals surface area contributed by atoms with Gasteiger partial charge in [0.1, 0.15) is 23.5 Å². The van der Waals surface area contributed by atoms with E-state index in [1.807, 2.05) is 0 Å². The fraction of sp³-hybridized carbons (Fsp3) is 0.474. The summed E-state index contributed by atoms with van der Waals surface area (Å²) < 4.78 is 0. The maximum Gasteiger partial charge on any atom is 0.121 e. The Kier molecular flexibility index (Phi) is 5.29. The maximum atomic E-state index is 9.34. The highest BCUT2D eigenvalue weighted by atomic mass is 14.8. The van der Waals surface area contributed by atoms with Crippen molar-refractivity contribution in [2.45, 2.75) is 59.8 Å². The molecule has 2 N–H and O–H groups in total. The molecular weight excluding hydrogens is 284 g/mol. The first-order valence-electron chi connectivity index (χ1n) is 8.40. The summed E-state index contributed by atoms with van der Waals surface area (Å²) in [5.41, 5.74) is 8.32. The van der Waals surface area contributed by atoms with E-state index >= 15 is 0 Å². The topological polar surface area (TPSA) is 79.2 Å². The third-order valence-corrected chi connectivity index (χ3v) is 4.60. The summed E-state index contributed by atoms with van der Waals surface area (Å²) in [5.74, 6) is 0. The van der Waals surface area contributed by atoms with Crippen LogP contribution >= 0.6 is 0 Å². The van der Waals surface area contributed by atoms with Crippen LogP contribution in [0.25, 0.3) is 0 Å². The Morgan fingerprint density at radius 3 is 1.26 bits per heavy atom. The molecule has 4 heteroatoms. The molecule has 2 rings (SSSR count). The van der Waals surface area contributed by atoms with E-state index in [2.05, 4.69) is 49.8 Å². The molecule has 0 aliphatic heterocycles. The second kappa shape index (κ2) is 7.20. The predicted octanol–water partition coefficient (Wildman–Crippen LogP) is 3.93. The summed E-state index contributed by atoms with van der Waals surface area (Å²) >= 11 is 0. The SMILES string of the molecule is CCc1c(C#N)[nH]c(Cc2[nH]c(C#N)c(CC)c2CC)c1CC. The van der Waals surface area contributed by atoms with Crippen LogP contribution in [0.5, 0.6) is 0 Å². The van der Waals surface area contributed by atoms with Crippen LogP contribution in [0, 0.1) is 22.7 Å². The normalized spacial score (nSPS) is 10.5. The predicted molar refractivity (Wildman–Crippen MR) is 91.3 cm³/mol. The maximum absolute atomic E-state index is 9.34. The molecule has 0 aliphatic rings. The third-order valence-electron chi connectivity index (χ3n) is 4.60. The lowest BCUT2D eigenvalue weighted by molar-refractivity contribution is 0.956. The van der Waals surface area contributed by atoms with Crippen LogP contribution in [-0.4, -0.2) is 9.97 Å². The number of aromatic nitrogens is 2. The molecular formula is C19H24N4. The first kappa shape index (κ1) is 16.9. The minimum absolute atomic E-state index is 0.681. The lowest BCUT2D eigenvalue weighted by atomic mass is 9.98. The number of nitrogens with one attached hydrogen (secondary N) is 2. The van der Waals surface area contributed by atoms with E-state index in [1.54, 1.807) is 0 Å². The molecule has 0 aromatic carbocycles. The van der Waals surface area contributed by atoms with E-state index in [0.29, 0.717) is 11.4 Å². The zero-order valence-corrected chi connectivity index (χ0v) is 14.4. The molecule has 0 saturated heterocycles. The lowest BCUT2D eigenvalue weighted by Crippen LogP contribution is -1.98. The van der Waals surface area contributed by atoms with Crippen LogP contribution < -0.4 is 0 Å². The van der Waals surface area contributed by atoms with Crippen LogP contribution in [0.3, 0.4) is 0 Å². The monoisotopic (exact) mass is 308 g/mol. The van der Waals surface area contributed by atoms with Crippen LogP contribution in [-0.2, 0) is 32.1 Å².